The van der Waals surface area contributed by atoms with E-state index in [1.165, 1.54) is 0 Å². The lowest BCUT2D eigenvalue weighted by Gasteiger charge is -2.22. The van der Waals surface area contributed by atoms with Gasteiger partial charge in [-0.05, 0) is 40.7 Å². The number of carbonyl (C=O) groups is 2. The highest BCUT2D eigenvalue weighted by Gasteiger charge is 2.21. The van der Waals surface area contributed by atoms with Gasteiger partial charge in [0.1, 0.15) is 11.6 Å². The van der Waals surface area contributed by atoms with Gasteiger partial charge < -0.3 is 20.7 Å². The summed E-state index contributed by atoms with van der Waals surface area (Å²) >= 11 is 0. The van der Waals surface area contributed by atoms with Crippen LogP contribution >= 0.6 is 0 Å². The van der Waals surface area contributed by atoms with Crippen molar-refractivity contribution in [1.29, 1.82) is 0 Å². The molecule has 7 nitrogen and oxygen atoms in total. The Hall–Kier alpha value is -2.31. The molecule has 1 unspecified atom stereocenters. The average molecular weight is 308 g/mol. The van der Waals surface area contributed by atoms with Crippen LogP contribution in [0.25, 0.3) is 0 Å². The number of ether oxygens (including phenoxy) is 1. The Morgan fingerprint density at radius 2 is 2.00 bits per heavy atom. The summed E-state index contributed by atoms with van der Waals surface area (Å²) < 4.78 is 5.12. The second-order valence-electron chi connectivity index (χ2n) is 5.81. The Bertz CT molecular complexity index is 526. The smallest absolute Gasteiger partial charge is 0.408 e. The highest BCUT2D eigenvalue weighted by atomic mass is 16.6. The van der Waals surface area contributed by atoms with E-state index in [1.807, 2.05) is 6.92 Å². The summed E-state index contributed by atoms with van der Waals surface area (Å²) in [5.41, 5.74) is 0.728. The second-order valence-corrected chi connectivity index (χ2v) is 5.81. The van der Waals surface area contributed by atoms with Crippen LogP contribution in [-0.4, -0.2) is 35.2 Å². The monoisotopic (exact) mass is 308 g/mol. The number of nitrogens with zero attached hydrogens (tertiary/aromatic N) is 1. The van der Waals surface area contributed by atoms with Crippen LogP contribution in [0.1, 0.15) is 34.6 Å². The fourth-order valence-electron chi connectivity index (χ4n) is 1.63. The third-order valence-electron chi connectivity index (χ3n) is 2.57. The number of alkyl carbamates (subject to hydrolysis) is 1. The van der Waals surface area contributed by atoms with Gasteiger partial charge in [0.25, 0.3) is 0 Å². The van der Waals surface area contributed by atoms with Gasteiger partial charge in [-0.15, -0.1) is 0 Å². The standard InChI is InChI=1S/C15H24N4O3/c1-6-17-12-9-16-8-7-11(12)19-13(20)10(2)18-14(21)22-15(3,4)5/h7-10,17H,6H2,1-5H3,(H,18,21)(H,16,19,20). The van der Waals surface area contributed by atoms with Gasteiger partial charge in [0.05, 0.1) is 17.6 Å². The quantitative estimate of drug-likeness (QED) is 0.776. The molecule has 3 N–H and O–H groups in total. The van der Waals surface area contributed by atoms with E-state index in [1.54, 1.807) is 46.2 Å². The Balaban J connectivity index is 2.63. The van der Waals surface area contributed by atoms with Crippen molar-refractivity contribution in [3.05, 3.63) is 18.5 Å². The molecule has 0 spiro atoms. The highest BCUT2D eigenvalue weighted by molar-refractivity contribution is 5.98. The summed E-state index contributed by atoms with van der Waals surface area (Å²) in [5, 5.41) is 8.35. The molecule has 0 aromatic carbocycles. The van der Waals surface area contributed by atoms with Crippen LogP contribution in [0.5, 0.6) is 0 Å². The first-order valence-corrected chi connectivity index (χ1v) is 7.21. The summed E-state index contributed by atoms with van der Waals surface area (Å²) in [6, 6.07) is 0.966. The van der Waals surface area contributed by atoms with E-state index in [2.05, 4.69) is 20.9 Å². The number of hydrogen-bond acceptors (Lipinski definition) is 5. The maximum Gasteiger partial charge on any atom is 0.408 e. The van der Waals surface area contributed by atoms with Gasteiger partial charge in [0.15, 0.2) is 0 Å². The minimum atomic E-state index is -0.725. The first-order chi connectivity index (χ1) is 10.2. The van der Waals surface area contributed by atoms with Crippen molar-refractivity contribution in [2.75, 3.05) is 17.2 Å². The number of pyridine rings is 1. The van der Waals surface area contributed by atoms with E-state index in [0.29, 0.717) is 12.2 Å². The fraction of sp³-hybridized carbons (Fsp3) is 0.533. The third-order valence-corrected chi connectivity index (χ3v) is 2.57. The topological polar surface area (TPSA) is 92.4 Å². The van der Waals surface area contributed by atoms with Crippen LogP contribution in [0.4, 0.5) is 16.2 Å². The fourth-order valence-corrected chi connectivity index (χ4v) is 1.63. The summed E-state index contributed by atoms with van der Waals surface area (Å²) in [7, 11) is 0. The van der Waals surface area contributed by atoms with Crippen LogP contribution in [0.3, 0.4) is 0 Å². The van der Waals surface area contributed by atoms with Crippen molar-refractivity contribution in [3.63, 3.8) is 0 Å². The van der Waals surface area contributed by atoms with E-state index in [4.69, 9.17) is 4.74 Å². The zero-order chi connectivity index (χ0) is 16.8. The van der Waals surface area contributed by atoms with Crippen molar-refractivity contribution >= 4 is 23.4 Å². The van der Waals surface area contributed by atoms with Crippen LogP contribution in [0.2, 0.25) is 0 Å². The molecule has 0 fully saturated rings. The lowest BCUT2D eigenvalue weighted by molar-refractivity contribution is -0.117. The molecule has 1 rings (SSSR count). The number of rotatable bonds is 5. The molecule has 2 amide bonds. The molecule has 1 atom stereocenters. The van der Waals surface area contributed by atoms with Crippen molar-refractivity contribution < 1.29 is 14.3 Å². The van der Waals surface area contributed by atoms with Crippen molar-refractivity contribution in [2.24, 2.45) is 0 Å². The Morgan fingerprint density at radius 3 is 2.59 bits per heavy atom. The highest BCUT2D eigenvalue weighted by Crippen LogP contribution is 2.19. The SMILES string of the molecule is CCNc1cnccc1NC(=O)C(C)NC(=O)OC(C)(C)C. The van der Waals surface area contributed by atoms with Crippen LogP contribution in [-0.2, 0) is 9.53 Å². The van der Waals surface area contributed by atoms with Gasteiger partial charge in [-0.3, -0.25) is 9.78 Å². The summed E-state index contributed by atoms with van der Waals surface area (Å²) in [6.07, 6.45) is 2.59. The van der Waals surface area contributed by atoms with Gasteiger partial charge >= 0.3 is 6.09 Å². The minimum absolute atomic E-state index is 0.337. The van der Waals surface area contributed by atoms with Crippen molar-refractivity contribution in [1.82, 2.24) is 10.3 Å². The first kappa shape index (κ1) is 17.7. The van der Waals surface area contributed by atoms with E-state index in [9.17, 15) is 9.59 Å². The zero-order valence-corrected chi connectivity index (χ0v) is 13.7. The summed E-state index contributed by atoms with van der Waals surface area (Å²) in [6.45, 7) is 9.53. The largest absolute Gasteiger partial charge is 0.444 e. The summed E-state index contributed by atoms with van der Waals surface area (Å²) in [4.78, 5) is 27.8. The molecule has 0 saturated heterocycles. The lowest BCUT2D eigenvalue weighted by atomic mass is 10.2. The second kappa shape index (κ2) is 7.63. The lowest BCUT2D eigenvalue weighted by Crippen LogP contribution is -2.44. The molecular weight excluding hydrogens is 284 g/mol. The van der Waals surface area contributed by atoms with Gasteiger partial charge in [-0.1, -0.05) is 0 Å². The Kier molecular flexibility index (Phi) is 6.15. The number of carbonyl (C=O) groups excluding carboxylic acids is 2. The average Bonchev–Trinajstić information content (AvgIpc) is 2.38. The van der Waals surface area contributed by atoms with E-state index < -0.39 is 17.7 Å². The first-order valence-electron chi connectivity index (χ1n) is 7.21. The predicted octanol–water partition coefficient (Wildman–Crippen LogP) is 2.37. The molecule has 0 bridgehead atoms. The maximum atomic E-state index is 12.1. The molecule has 1 aromatic heterocycles. The van der Waals surface area contributed by atoms with Crippen LogP contribution in [0, 0.1) is 0 Å². The summed E-state index contributed by atoms with van der Waals surface area (Å²) in [5.74, 6) is -0.337. The third kappa shape index (κ3) is 5.99. The molecule has 7 heteroatoms. The van der Waals surface area contributed by atoms with Crippen molar-refractivity contribution in [3.8, 4) is 0 Å². The van der Waals surface area contributed by atoms with E-state index >= 15 is 0 Å². The molecule has 0 aliphatic heterocycles. The number of amides is 2. The molecule has 0 saturated carbocycles. The van der Waals surface area contributed by atoms with E-state index in [0.717, 1.165) is 5.69 Å². The van der Waals surface area contributed by atoms with E-state index in [-0.39, 0.29) is 5.91 Å². The normalized spacial score (nSPS) is 12.2. The van der Waals surface area contributed by atoms with Gasteiger partial charge in [-0.25, -0.2) is 4.79 Å². The van der Waals surface area contributed by atoms with Crippen LogP contribution < -0.4 is 16.0 Å². The minimum Gasteiger partial charge on any atom is -0.444 e. The predicted molar refractivity (Wildman–Crippen MR) is 85.9 cm³/mol. The number of hydrogen-bond donors (Lipinski definition) is 3. The molecule has 1 aromatic rings. The zero-order valence-electron chi connectivity index (χ0n) is 13.7. The molecule has 122 valence electrons. The van der Waals surface area contributed by atoms with Crippen molar-refractivity contribution in [2.45, 2.75) is 46.3 Å². The molecule has 1 heterocycles. The molecule has 0 radical (unpaired) electrons. The number of nitrogens with one attached hydrogen (secondary N) is 3. The van der Waals surface area contributed by atoms with Gasteiger partial charge in [0.2, 0.25) is 5.91 Å². The molecule has 0 aliphatic rings. The van der Waals surface area contributed by atoms with Gasteiger partial charge in [-0.2, -0.15) is 0 Å². The molecule has 0 aliphatic carbocycles. The Morgan fingerprint density at radius 1 is 1.32 bits per heavy atom. The Labute approximate surface area is 130 Å². The van der Waals surface area contributed by atoms with Crippen LogP contribution in [0.15, 0.2) is 18.5 Å². The molecular formula is C15H24N4O3. The molecule has 22 heavy (non-hydrogen) atoms. The van der Waals surface area contributed by atoms with Gasteiger partial charge in [0, 0.05) is 12.7 Å². The maximum absolute atomic E-state index is 12.1. The number of anilines is 2. The number of aromatic nitrogens is 1.